The first-order chi connectivity index (χ1) is 8.65. The van der Waals surface area contributed by atoms with E-state index in [9.17, 15) is 4.79 Å². The first-order valence-electron chi connectivity index (χ1n) is 4.95. The molecule has 0 fully saturated rings. The molecule has 0 aliphatic carbocycles. The van der Waals surface area contributed by atoms with Crippen molar-refractivity contribution in [1.82, 2.24) is 9.97 Å². The van der Waals surface area contributed by atoms with E-state index in [1.165, 1.54) is 12.4 Å². The molecular formula is C11H8BrClN4O. The molecule has 0 radical (unpaired) electrons. The van der Waals surface area contributed by atoms with Crippen LogP contribution < -0.4 is 10.6 Å². The number of anilines is 2. The minimum absolute atomic E-state index is 0.350. The summed E-state index contributed by atoms with van der Waals surface area (Å²) in [6.45, 7) is 0. The maximum atomic E-state index is 11.7. The number of aromatic nitrogens is 2. The summed E-state index contributed by atoms with van der Waals surface area (Å²) in [7, 11) is 0. The molecular weight excluding hydrogens is 320 g/mol. The predicted octanol–water partition coefficient (Wildman–Crippen LogP) is 3.54. The van der Waals surface area contributed by atoms with Crippen molar-refractivity contribution in [3.8, 4) is 0 Å². The highest BCUT2D eigenvalue weighted by molar-refractivity contribution is 9.10. The molecule has 2 N–H and O–H groups in total. The number of nitrogens with zero attached hydrogens (tertiary/aromatic N) is 2. The lowest BCUT2D eigenvalue weighted by Crippen LogP contribution is -2.20. The number of urea groups is 1. The number of amides is 2. The van der Waals surface area contributed by atoms with Crippen LogP contribution >= 0.6 is 27.5 Å². The van der Waals surface area contributed by atoms with Gasteiger partial charge in [0.25, 0.3) is 0 Å². The average molecular weight is 328 g/mol. The van der Waals surface area contributed by atoms with Crippen LogP contribution in [0.25, 0.3) is 0 Å². The van der Waals surface area contributed by atoms with E-state index < -0.39 is 6.03 Å². The molecule has 0 spiro atoms. The van der Waals surface area contributed by atoms with Gasteiger partial charge in [-0.3, -0.25) is 5.32 Å². The van der Waals surface area contributed by atoms with Crippen LogP contribution in [0.15, 0.2) is 41.3 Å². The van der Waals surface area contributed by atoms with Crippen molar-refractivity contribution in [1.29, 1.82) is 0 Å². The van der Waals surface area contributed by atoms with E-state index in [4.69, 9.17) is 11.6 Å². The Kier molecular flexibility index (Phi) is 4.11. The van der Waals surface area contributed by atoms with Crippen molar-refractivity contribution in [2.24, 2.45) is 0 Å². The largest absolute Gasteiger partial charge is 0.324 e. The number of hydrogen-bond donors (Lipinski definition) is 2. The lowest BCUT2D eigenvalue weighted by Gasteiger charge is -2.07. The van der Waals surface area contributed by atoms with Gasteiger partial charge in [0.15, 0.2) is 5.82 Å². The summed E-state index contributed by atoms with van der Waals surface area (Å²) in [5, 5.41) is 5.62. The third-order valence-corrected chi connectivity index (χ3v) is 2.72. The fourth-order valence-corrected chi connectivity index (χ4v) is 1.60. The van der Waals surface area contributed by atoms with E-state index in [0.29, 0.717) is 21.1 Å². The molecule has 5 nitrogen and oxygen atoms in total. The summed E-state index contributed by atoms with van der Waals surface area (Å²) in [5.74, 6) is 0.350. The molecule has 2 rings (SSSR count). The van der Waals surface area contributed by atoms with E-state index in [-0.39, 0.29) is 0 Å². The summed E-state index contributed by atoms with van der Waals surface area (Å²) in [6, 6.07) is 6.53. The summed E-state index contributed by atoms with van der Waals surface area (Å²) in [6.07, 6.45) is 2.93. The molecule has 0 saturated carbocycles. The van der Waals surface area contributed by atoms with Crippen LogP contribution in [0.4, 0.5) is 16.3 Å². The van der Waals surface area contributed by atoms with Gasteiger partial charge in [-0.25, -0.2) is 14.8 Å². The van der Waals surface area contributed by atoms with Crippen molar-refractivity contribution in [2.75, 3.05) is 10.6 Å². The number of nitrogens with one attached hydrogen (secondary N) is 2. The van der Waals surface area contributed by atoms with E-state index in [1.54, 1.807) is 24.3 Å². The zero-order chi connectivity index (χ0) is 13.0. The quantitative estimate of drug-likeness (QED) is 0.886. The summed E-state index contributed by atoms with van der Waals surface area (Å²) in [5.41, 5.74) is 0.529. The number of para-hydroxylation sites is 1. The molecule has 7 heteroatoms. The zero-order valence-electron chi connectivity index (χ0n) is 9.02. The number of hydrogen-bond acceptors (Lipinski definition) is 3. The van der Waals surface area contributed by atoms with E-state index in [1.807, 2.05) is 0 Å². The Balaban J connectivity index is 2.01. The second-order valence-corrected chi connectivity index (χ2v) is 4.50. The molecule has 1 heterocycles. The van der Waals surface area contributed by atoms with Gasteiger partial charge in [-0.05, 0) is 28.1 Å². The Hall–Kier alpha value is -1.66. The van der Waals surface area contributed by atoms with Gasteiger partial charge < -0.3 is 5.32 Å². The van der Waals surface area contributed by atoms with Crippen LogP contribution in [0, 0.1) is 0 Å². The molecule has 2 aromatic rings. The number of rotatable bonds is 2. The molecule has 0 bridgehead atoms. The SMILES string of the molecule is O=C(Nc1cnc(Br)cn1)Nc1ccccc1Cl. The smallest absolute Gasteiger partial charge is 0.306 e. The summed E-state index contributed by atoms with van der Waals surface area (Å²) < 4.78 is 0.597. The van der Waals surface area contributed by atoms with Gasteiger partial charge in [0, 0.05) is 0 Å². The molecule has 0 saturated heterocycles. The first-order valence-corrected chi connectivity index (χ1v) is 6.12. The van der Waals surface area contributed by atoms with Crippen LogP contribution in [0.1, 0.15) is 0 Å². The van der Waals surface area contributed by atoms with Crippen molar-refractivity contribution in [2.45, 2.75) is 0 Å². The number of halogens is 2. The number of carbonyl (C=O) groups is 1. The Morgan fingerprint density at radius 1 is 1.17 bits per heavy atom. The van der Waals surface area contributed by atoms with Gasteiger partial charge in [-0.15, -0.1) is 0 Å². The van der Waals surface area contributed by atoms with E-state index >= 15 is 0 Å². The molecule has 1 aromatic carbocycles. The van der Waals surface area contributed by atoms with Crippen molar-refractivity contribution < 1.29 is 4.79 Å². The molecule has 0 unspecified atom stereocenters. The molecule has 1 aromatic heterocycles. The van der Waals surface area contributed by atoms with E-state index in [2.05, 4.69) is 36.5 Å². The first kappa shape index (κ1) is 12.8. The van der Waals surface area contributed by atoms with Crippen molar-refractivity contribution in [3.05, 3.63) is 46.3 Å². The number of benzene rings is 1. The monoisotopic (exact) mass is 326 g/mol. The van der Waals surface area contributed by atoms with Gasteiger partial charge >= 0.3 is 6.03 Å². The summed E-state index contributed by atoms with van der Waals surface area (Å²) in [4.78, 5) is 19.6. The maximum absolute atomic E-state index is 11.7. The van der Waals surface area contributed by atoms with Crippen LogP contribution in [-0.4, -0.2) is 16.0 Å². The minimum Gasteiger partial charge on any atom is -0.306 e. The van der Waals surface area contributed by atoms with E-state index in [0.717, 1.165) is 0 Å². The second kappa shape index (κ2) is 5.79. The van der Waals surface area contributed by atoms with Crippen molar-refractivity contribution >= 4 is 45.1 Å². The highest BCUT2D eigenvalue weighted by Gasteiger charge is 2.06. The molecule has 0 aliphatic rings. The van der Waals surface area contributed by atoms with Crippen molar-refractivity contribution in [3.63, 3.8) is 0 Å². The molecule has 2 amide bonds. The fraction of sp³-hybridized carbons (Fsp3) is 0. The van der Waals surface area contributed by atoms with Gasteiger partial charge in [0.1, 0.15) is 4.60 Å². The molecule has 0 aliphatic heterocycles. The second-order valence-electron chi connectivity index (χ2n) is 3.28. The Labute approximate surface area is 117 Å². The normalized spacial score (nSPS) is 9.89. The van der Waals surface area contributed by atoms with Crippen LogP contribution in [0.2, 0.25) is 5.02 Å². The highest BCUT2D eigenvalue weighted by atomic mass is 79.9. The van der Waals surface area contributed by atoms with Crippen LogP contribution in [0.5, 0.6) is 0 Å². The Morgan fingerprint density at radius 2 is 1.94 bits per heavy atom. The van der Waals surface area contributed by atoms with Gasteiger partial charge in [-0.2, -0.15) is 0 Å². The summed E-state index contributed by atoms with van der Waals surface area (Å²) >= 11 is 9.07. The third kappa shape index (κ3) is 3.41. The standard InChI is InChI=1S/C11H8BrClN4O/c12-9-5-15-10(6-14-9)17-11(18)16-8-4-2-1-3-7(8)13/h1-6H,(H2,15,16,17,18). The average Bonchev–Trinajstić information content (AvgIpc) is 2.35. The Bertz CT molecular complexity index is 561. The lowest BCUT2D eigenvalue weighted by molar-refractivity contribution is 0.262. The zero-order valence-corrected chi connectivity index (χ0v) is 11.4. The highest BCUT2D eigenvalue weighted by Crippen LogP contribution is 2.20. The molecule has 18 heavy (non-hydrogen) atoms. The van der Waals surface area contributed by atoms with Crippen LogP contribution in [0.3, 0.4) is 0 Å². The lowest BCUT2D eigenvalue weighted by atomic mass is 10.3. The van der Waals surface area contributed by atoms with Gasteiger partial charge in [-0.1, -0.05) is 23.7 Å². The van der Waals surface area contributed by atoms with Gasteiger partial charge in [0.2, 0.25) is 0 Å². The fourth-order valence-electron chi connectivity index (χ4n) is 1.21. The number of carbonyl (C=O) groups excluding carboxylic acids is 1. The van der Waals surface area contributed by atoms with Crippen LogP contribution in [-0.2, 0) is 0 Å². The van der Waals surface area contributed by atoms with Gasteiger partial charge in [0.05, 0.1) is 23.1 Å². The minimum atomic E-state index is -0.431. The topological polar surface area (TPSA) is 66.9 Å². The maximum Gasteiger partial charge on any atom is 0.324 e. The Morgan fingerprint density at radius 3 is 2.61 bits per heavy atom. The third-order valence-electron chi connectivity index (χ3n) is 1.98. The molecule has 92 valence electrons. The molecule has 0 atom stereocenters. The predicted molar refractivity (Wildman–Crippen MR) is 73.8 cm³/mol.